The molecule has 0 aliphatic carbocycles. The van der Waals surface area contributed by atoms with Gasteiger partial charge in [-0.3, -0.25) is 9.20 Å². The Bertz CT molecular complexity index is 629. The molecule has 0 amide bonds. The zero-order valence-corrected chi connectivity index (χ0v) is 11.1. The van der Waals surface area contributed by atoms with E-state index in [4.69, 9.17) is 9.47 Å². The normalized spacial score (nSPS) is 10.8. The Hall–Kier alpha value is -1.47. The number of rotatable bonds is 4. The lowest BCUT2D eigenvalue weighted by Crippen LogP contribution is -2.16. The van der Waals surface area contributed by atoms with Gasteiger partial charge in [0, 0.05) is 17.8 Å². The molecule has 0 radical (unpaired) electrons. The number of aromatic nitrogens is 2. The van der Waals surface area contributed by atoms with Crippen LogP contribution in [0, 0.1) is 5.82 Å². The highest BCUT2D eigenvalue weighted by atomic mass is 79.9. The molecule has 0 fully saturated rings. The summed E-state index contributed by atoms with van der Waals surface area (Å²) in [7, 11) is 1.53. The summed E-state index contributed by atoms with van der Waals surface area (Å²) < 4.78 is 25.2. The van der Waals surface area contributed by atoms with Crippen LogP contribution in [0.4, 0.5) is 4.39 Å². The molecule has 2 aromatic heterocycles. The predicted octanol–water partition coefficient (Wildman–Crippen LogP) is 1.62. The average molecular weight is 317 g/mol. The topological polar surface area (TPSA) is 52.8 Å². The standard InChI is InChI=1S/C11H10BrFN2O3/c1-17-2-3-18-9-5-10(16)15-6-7(12)4-8(13)11(15)14-9/h4-6H,2-3H2,1H3. The Labute approximate surface area is 110 Å². The SMILES string of the molecule is COCCOc1cc(=O)n2cc(Br)cc(F)c2n1. The maximum absolute atomic E-state index is 13.7. The molecule has 5 nitrogen and oxygen atoms in total. The molecule has 2 rings (SSSR count). The van der Waals surface area contributed by atoms with Crippen LogP contribution in [-0.2, 0) is 4.74 Å². The Morgan fingerprint density at radius 3 is 2.94 bits per heavy atom. The third-order valence-electron chi connectivity index (χ3n) is 2.20. The first-order valence-electron chi connectivity index (χ1n) is 5.12. The zero-order chi connectivity index (χ0) is 13.1. The molecular formula is C11H10BrFN2O3. The first-order chi connectivity index (χ1) is 8.61. The smallest absolute Gasteiger partial charge is 0.261 e. The molecule has 18 heavy (non-hydrogen) atoms. The average Bonchev–Trinajstić information content (AvgIpc) is 2.31. The van der Waals surface area contributed by atoms with E-state index in [0.717, 1.165) is 4.40 Å². The van der Waals surface area contributed by atoms with Gasteiger partial charge in [0.2, 0.25) is 5.88 Å². The predicted molar refractivity (Wildman–Crippen MR) is 66.5 cm³/mol. The molecule has 0 saturated heterocycles. The highest BCUT2D eigenvalue weighted by Gasteiger charge is 2.08. The van der Waals surface area contributed by atoms with Crippen molar-refractivity contribution in [2.24, 2.45) is 0 Å². The van der Waals surface area contributed by atoms with Gasteiger partial charge in [0.25, 0.3) is 5.56 Å². The van der Waals surface area contributed by atoms with Gasteiger partial charge in [0.05, 0.1) is 12.7 Å². The summed E-state index contributed by atoms with van der Waals surface area (Å²) in [6.45, 7) is 0.612. The summed E-state index contributed by atoms with van der Waals surface area (Å²) in [6.07, 6.45) is 1.45. The Morgan fingerprint density at radius 1 is 1.44 bits per heavy atom. The van der Waals surface area contributed by atoms with Gasteiger partial charge in [-0.2, -0.15) is 4.98 Å². The van der Waals surface area contributed by atoms with Gasteiger partial charge >= 0.3 is 0 Å². The first-order valence-corrected chi connectivity index (χ1v) is 5.91. The third-order valence-corrected chi connectivity index (χ3v) is 2.63. The minimum Gasteiger partial charge on any atom is -0.475 e. The minimum atomic E-state index is -0.598. The van der Waals surface area contributed by atoms with Crippen LogP contribution in [0.2, 0.25) is 0 Å². The van der Waals surface area contributed by atoms with Crippen LogP contribution in [-0.4, -0.2) is 29.7 Å². The third kappa shape index (κ3) is 2.68. The molecule has 7 heteroatoms. The van der Waals surface area contributed by atoms with Crippen LogP contribution in [0.15, 0.2) is 27.6 Å². The second kappa shape index (κ2) is 5.45. The molecule has 0 aliphatic heterocycles. The molecule has 0 bridgehead atoms. The quantitative estimate of drug-likeness (QED) is 0.804. The molecule has 0 saturated carbocycles. The lowest BCUT2D eigenvalue weighted by Gasteiger charge is -2.07. The lowest BCUT2D eigenvalue weighted by atomic mass is 10.4. The molecule has 0 atom stereocenters. The second-order valence-corrected chi connectivity index (χ2v) is 4.39. The van der Waals surface area contributed by atoms with Crippen molar-refractivity contribution in [1.82, 2.24) is 9.38 Å². The Kier molecular flexibility index (Phi) is 3.93. The summed E-state index contributed by atoms with van der Waals surface area (Å²) in [4.78, 5) is 15.7. The van der Waals surface area contributed by atoms with Crippen LogP contribution in [0.1, 0.15) is 0 Å². The summed E-state index contributed by atoms with van der Waals surface area (Å²) >= 11 is 3.11. The van der Waals surface area contributed by atoms with Gasteiger partial charge in [0.1, 0.15) is 6.61 Å². The first kappa shape index (κ1) is 13.0. The van der Waals surface area contributed by atoms with Gasteiger partial charge in [0.15, 0.2) is 11.5 Å². The molecule has 0 aromatic carbocycles. The molecular weight excluding hydrogens is 307 g/mol. The van der Waals surface area contributed by atoms with Crippen LogP contribution in [0.5, 0.6) is 5.88 Å². The molecule has 2 heterocycles. The highest BCUT2D eigenvalue weighted by Crippen LogP contribution is 2.15. The van der Waals surface area contributed by atoms with E-state index in [1.165, 1.54) is 25.4 Å². The summed E-state index contributed by atoms with van der Waals surface area (Å²) in [6, 6.07) is 2.44. The fourth-order valence-corrected chi connectivity index (χ4v) is 1.82. The van der Waals surface area contributed by atoms with Gasteiger partial charge in [-0.25, -0.2) is 4.39 Å². The van der Waals surface area contributed by atoms with E-state index in [2.05, 4.69) is 20.9 Å². The van der Waals surface area contributed by atoms with Crippen molar-refractivity contribution in [3.8, 4) is 5.88 Å². The van der Waals surface area contributed by atoms with E-state index in [1.54, 1.807) is 0 Å². The van der Waals surface area contributed by atoms with E-state index in [9.17, 15) is 9.18 Å². The maximum atomic E-state index is 13.7. The van der Waals surface area contributed by atoms with Gasteiger partial charge < -0.3 is 9.47 Å². The fourth-order valence-electron chi connectivity index (χ4n) is 1.41. The van der Waals surface area contributed by atoms with E-state index >= 15 is 0 Å². The van der Waals surface area contributed by atoms with Gasteiger partial charge in [-0.05, 0) is 22.0 Å². The van der Waals surface area contributed by atoms with E-state index in [1.807, 2.05) is 0 Å². The highest BCUT2D eigenvalue weighted by molar-refractivity contribution is 9.10. The summed E-state index contributed by atoms with van der Waals surface area (Å²) in [5, 5.41) is 0. The zero-order valence-electron chi connectivity index (χ0n) is 9.52. The van der Waals surface area contributed by atoms with Crippen molar-refractivity contribution in [3.05, 3.63) is 39.0 Å². The number of halogens is 2. The number of hydrogen-bond donors (Lipinski definition) is 0. The molecule has 0 unspecified atom stereocenters. The number of nitrogens with zero attached hydrogens (tertiary/aromatic N) is 2. The van der Waals surface area contributed by atoms with Crippen molar-refractivity contribution in [1.29, 1.82) is 0 Å². The van der Waals surface area contributed by atoms with Crippen molar-refractivity contribution < 1.29 is 13.9 Å². The van der Waals surface area contributed by atoms with Crippen molar-refractivity contribution >= 4 is 21.6 Å². The van der Waals surface area contributed by atoms with Gasteiger partial charge in [-0.15, -0.1) is 0 Å². The van der Waals surface area contributed by atoms with E-state index < -0.39 is 11.4 Å². The van der Waals surface area contributed by atoms with Gasteiger partial charge in [-0.1, -0.05) is 0 Å². The summed E-state index contributed by atoms with van der Waals surface area (Å²) in [5.74, 6) is -0.517. The number of hydrogen-bond acceptors (Lipinski definition) is 4. The number of fused-ring (bicyclic) bond motifs is 1. The Morgan fingerprint density at radius 2 is 2.22 bits per heavy atom. The largest absolute Gasteiger partial charge is 0.475 e. The van der Waals surface area contributed by atoms with Crippen molar-refractivity contribution in [3.63, 3.8) is 0 Å². The maximum Gasteiger partial charge on any atom is 0.261 e. The van der Waals surface area contributed by atoms with Crippen LogP contribution in [0.25, 0.3) is 5.65 Å². The fraction of sp³-hybridized carbons (Fsp3) is 0.273. The Balaban J connectivity index is 2.45. The monoisotopic (exact) mass is 316 g/mol. The van der Waals surface area contributed by atoms with Crippen LogP contribution >= 0.6 is 15.9 Å². The van der Waals surface area contributed by atoms with Crippen LogP contribution < -0.4 is 10.3 Å². The van der Waals surface area contributed by atoms with Crippen molar-refractivity contribution in [2.45, 2.75) is 0 Å². The molecule has 0 spiro atoms. The number of pyridine rings is 1. The molecule has 0 aliphatic rings. The van der Waals surface area contributed by atoms with E-state index in [0.29, 0.717) is 11.1 Å². The molecule has 0 N–H and O–H groups in total. The molecule has 2 aromatic rings. The second-order valence-electron chi connectivity index (χ2n) is 3.47. The molecule has 96 valence electrons. The summed E-state index contributed by atoms with van der Waals surface area (Å²) in [5.41, 5.74) is -0.481. The van der Waals surface area contributed by atoms with E-state index in [-0.39, 0.29) is 18.1 Å². The number of ether oxygens (including phenoxy) is 2. The lowest BCUT2D eigenvalue weighted by molar-refractivity contribution is 0.143. The van der Waals surface area contributed by atoms with Crippen molar-refractivity contribution in [2.75, 3.05) is 20.3 Å². The minimum absolute atomic E-state index is 0.0712. The van der Waals surface area contributed by atoms with Crippen LogP contribution in [0.3, 0.4) is 0 Å². The number of methoxy groups -OCH3 is 1.